The van der Waals surface area contributed by atoms with E-state index in [-0.39, 0.29) is 23.2 Å². The summed E-state index contributed by atoms with van der Waals surface area (Å²) in [5.41, 5.74) is 0.614. The molecule has 2 aromatic rings. The van der Waals surface area contributed by atoms with Crippen LogP contribution in [-0.4, -0.2) is 70.8 Å². The number of fused-ring (bicyclic) bond motifs is 1. The zero-order chi connectivity index (χ0) is 26.4. The van der Waals surface area contributed by atoms with E-state index in [2.05, 4.69) is 15.3 Å². The number of rotatable bonds is 4. The molecule has 0 radical (unpaired) electrons. The Morgan fingerprint density at radius 2 is 1.75 bits per heavy atom. The zero-order valence-corrected chi connectivity index (χ0v) is 21.5. The molecule has 0 spiro atoms. The maximum atomic E-state index is 14.6. The predicted octanol–water partition coefficient (Wildman–Crippen LogP) is 3.98. The van der Waals surface area contributed by atoms with Gasteiger partial charge in [0.1, 0.15) is 11.9 Å². The van der Waals surface area contributed by atoms with Crippen molar-refractivity contribution in [3.8, 4) is 11.3 Å². The third-order valence-corrected chi connectivity index (χ3v) is 7.22. The van der Waals surface area contributed by atoms with Crippen LogP contribution in [0.25, 0.3) is 11.3 Å². The number of halogens is 3. The van der Waals surface area contributed by atoms with Crippen molar-refractivity contribution in [3.63, 3.8) is 0 Å². The van der Waals surface area contributed by atoms with Gasteiger partial charge < -0.3 is 15.1 Å². The summed E-state index contributed by atoms with van der Waals surface area (Å²) in [6.07, 6.45) is 3.56. The Balaban J connectivity index is 1.66. The summed E-state index contributed by atoms with van der Waals surface area (Å²) >= 11 is 0. The number of benzene rings is 1. The first-order chi connectivity index (χ1) is 16.9. The van der Waals surface area contributed by atoms with Gasteiger partial charge in [-0.25, -0.2) is 18.0 Å². The van der Waals surface area contributed by atoms with E-state index in [1.54, 1.807) is 4.90 Å². The Labute approximate surface area is 209 Å². The van der Waals surface area contributed by atoms with Gasteiger partial charge in [0.25, 0.3) is 0 Å². The highest BCUT2D eigenvalue weighted by molar-refractivity contribution is 5.89. The van der Waals surface area contributed by atoms with E-state index < -0.39 is 34.9 Å². The molecule has 1 unspecified atom stereocenters. The van der Waals surface area contributed by atoms with Crippen LogP contribution in [0.3, 0.4) is 0 Å². The monoisotopic (exact) mass is 505 g/mol. The molecule has 1 aromatic heterocycles. The highest BCUT2D eigenvalue weighted by Crippen LogP contribution is 2.34. The van der Waals surface area contributed by atoms with Crippen molar-refractivity contribution in [1.82, 2.24) is 24.9 Å². The minimum Gasteiger partial charge on any atom is -0.339 e. The highest BCUT2D eigenvalue weighted by Gasteiger charge is 2.39. The van der Waals surface area contributed by atoms with Crippen molar-refractivity contribution in [2.24, 2.45) is 5.41 Å². The molecule has 1 fully saturated rings. The van der Waals surface area contributed by atoms with Crippen LogP contribution in [0, 0.1) is 22.9 Å². The predicted molar refractivity (Wildman–Crippen MR) is 130 cm³/mol. The first kappa shape index (κ1) is 26.2. The van der Waals surface area contributed by atoms with E-state index in [1.165, 1.54) is 4.68 Å². The Morgan fingerprint density at radius 1 is 1.08 bits per heavy atom. The molecule has 1 saturated heterocycles. The molecule has 2 amide bonds. The van der Waals surface area contributed by atoms with E-state index in [1.807, 2.05) is 34.9 Å². The van der Waals surface area contributed by atoms with E-state index in [9.17, 15) is 22.8 Å². The van der Waals surface area contributed by atoms with E-state index in [4.69, 9.17) is 0 Å². The summed E-state index contributed by atoms with van der Waals surface area (Å²) in [4.78, 5) is 30.9. The molecule has 1 aromatic carbocycles. The fourth-order valence-corrected chi connectivity index (χ4v) is 5.07. The lowest BCUT2D eigenvalue weighted by atomic mass is 9.86. The average Bonchev–Trinajstić information content (AvgIpc) is 3.44. The molecule has 1 aliphatic carbocycles. The van der Waals surface area contributed by atoms with Gasteiger partial charge in [-0.2, -0.15) is 9.78 Å². The number of nitrogens with zero attached hydrogens (tertiary/aromatic N) is 4. The van der Waals surface area contributed by atoms with Crippen LogP contribution in [0.15, 0.2) is 12.1 Å². The maximum absolute atomic E-state index is 14.6. The van der Waals surface area contributed by atoms with Gasteiger partial charge in [0.15, 0.2) is 11.6 Å². The van der Waals surface area contributed by atoms with Gasteiger partial charge in [-0.1, -0.05) is 20.8 Å². The number of aromatic nitrogens is 2. The fraction of sp³-hybridized carbons (Fsp3) is 0.577. The molecule has 7 nitrogen and oxygen atoms in total. The van der Waals surface area contributed by atoms with Crippen LogP contribution in [0.1, 0.15) is 51.3 Å². The minimum absolute atomic E-state index is 0.128. The van der Waals surface area contributed by atoms with Crippen molar-refractivity contribution >= 4 is 11.9 Å². The summed E-state index contributed by atoms with van der Waals surface area (Å²) in [5.74, 6) is -3.57. The third kappa shape index (κ3) is 5.00. The first-order valence-electron chi connectivity index (χ1n) is 12.4. The Morgan fingerprint density at radius 3 is 2.39 bits per heavy atom. The van der Waals surface area contributed by atoms with Crippen LogP contribution in [-0.2, 0) is 17.6 Å². The Hall–Kier alpha value is -2.88. The summed E-state index contributed by atoms with van der Waals surface area (Å²) < 4.78 is 43.3. The highest BCUT2D eigenvalue weighted by atomic mass is 19.2. The molecular formula is C26H34F3N5O2. The lowest BCUT2D eigenvalue weighted by Crippen LogP contribution is -2.55. The Bertz CT molecular complexity index is 1170. The van der Waals surface area contributed by atoms with Crippen LogP contribution >= 0.6 is 0 Å². The standard InChI is InChI=1S/C26H34F3N5O2/c1-26(2,3)23(24(35)33-11-10-15(14-33)32(4)5)30-25(36)34-21-9-7-6-8-16(21)22(31-34)17-12-19(28)20(29)13-18(17)27/h12-13,15,23H,6-11,14H2,1-5H3,(H,30,36)/t15?,23-/m1/s1. The molecule has 0 bridgehead atoms. The number of carbonyl (C=O) groups excluding carboxylic acids is 2. The fourth-order valence-electron chi connectivity index (χ4n) is 5.07. The number of hydrogen-bond acceptors (Lipinski definition) is 4. The van der Waals surface area contributed by atoms with Crippen molar-refractivity contribution in [1.29, 1.82) is 0 Å². The van der Waals surface area contributed by atoms with Gasteiger partial charge in [0.2, 0.25) is 5.91 Å². The summed E-state index contributed by atoms with van der Waals surface area (Å²) in [6.45, 7) is 6.86. The molecule has 36 heavy (non-hydrogen) atoms. The lowest BCUT2D eigenvalue weighted by Gasteiger charge is -2.33. The van der Waals surface area contributed by atoms with Gasteiger partial charge in [0.05, 0.1) is 11.4 Å². The number of likely N-dealkylation sites (N-methyl/N-ethyl adjacent to an activating group) is 1. The second kappa shape index (κ2) is 9.88. The quantitative estimate of drug-likeness (QED) is 0.639. The van der Waals surface area contributed by atoms with Crippen LogP contribution in [0.2, 0.25) is 0 Å². The average molecular weight is 506 g/mol. The van der Waals surface area contributed by atoms with Crippen LogP contribution in [0.4, 0.5) is 18.0 Å². The van der Waals surface area contributed by atoms with Crippen molar-refractivity contribution in [2.75, 3.05) is 27.2 Å². The molecule has 2 aliphatic rings. The number of amides is 2. The van der Waals surface area contributed by atoms with Gasteiger partial charge in [-0.15, -0.1) is 0 Å². The van der Waals surface area contributed by atoms with Crippen LogP contribution < -0.4 is 5.32 Å². The normalized spacial score (nSPS) is 18.9. The molecule has 4 rings (SSSR count). The molecule has 1 aliphatic heterocycles. The minimum atomic E-state index is -1.28. The number of nitrogens with one attached hydrogen (secondary N) is 1. The third-order valence-electron chi connectivity index (χ3n) is 7.22. The molecule has 10 heteroatoms. The van der Waals surface area contributed by atoms with Gasteiger partial charge >= 0.3 is 6.03 Å². The van der Waals surface area contributed by atoms with Gasteiger partial charge in [-0.05, 0) is 57.7 Å². The molecular weight excluding hydrogens is 471 g/mol. The topological polar surface area (TPSA) is 70.5 Å². The van der Waals surface area contributed by atoms with Crippen molar-refractivity contribution < 1.29 is 22.8 Å². The summed E-state index contributed by atoms with van der Waals surface area (Å²) in [6, 6.07) is 0.124. The summed E-state index contributed by atoms with van der Waals surface area (Å²) in [5, 5.41) is 7.24. The molecule has 1 N–H and O–H groups in total. The van der Waals surface area contributed by atoms with E-state index >= 15 is 0 Å². The Kier molecular flexibility index (Phi) is 7.19. The summed E-state index contributed by atoms with van der Waals surface area (Å²) in [7, 11) is 3.96. The zero-order valence-electron chi connectivity index (χ0n) is 21.5. The number of likely N-dealkylation sites (tertiary alicyclic amines) is 1. The van der Waals surface area contributed by atoms with E-state index in [0.717, 1.165) is 25.3 Å². The second-order valence-electron chi connectivity index (χ2n) is 11.1. The van der Waals surface area contributed by atoms with Gasteiger partial charge in [0, 0.05) is 36.3 Å². The molecule has 0 saturated carbocycles. The van der Waals surface area contributed by atoms with Crippen LogP contribution in [0.5, 0.6) is 0 Å². The van der Waals surface area contributed by atoms with Crippen molar-refractivity contribution in [2.45, 2.75) is 65.0 Å². The van der Waals surface area contributed by atoms with E-state index in [0.29, 0.717) is 43.3 Å². The SMILES string of the molecule is CN(C)C1CCN(C(=O)[C@@H](NC(=O)n2nc(-c3cc(F)c(F)cc3F)c3c2CCCC3)C(C)(C)C)C1. The molecule has 2 heterocycles. The van der Waals surface area contributed by atoms with Gasteiger partial charge in [-0.3, -0.25) is 4.79 Å². The smallest absolute Gasteiger partial charge is 0.339 e. The largest absolute Gasteiger partial charge is 0.343 e. The second-order valence-corrected chi connectivity index (χ2v) is 11.1. The first-order valence-corrected chi connectivity index (χ1v) is 12.4. The number of hydrogen-bond donors (Lipinski definition) is 1. The number of carbonyl (C=O) groups is 2. The molecule has 2 atom stereocenters. The maximum Gasteiger partial charge on any atom is 0.343 e. The molecule has 196 valence electrons. The lowest BCUT2D eigenvalue weighted by molar-refractivity contribution is -0.134. The van der Waals surface area contributed by atoms with Crippen molar-refractivity contribution in [3.05, 3.63) is 40.8 Å².